The highest BCUT2D eigenvalue weighted by Gasteiger charge is 2.53. The molecule has 2 bridgehead atoms. The highest BCUT2D eigenvalue weighted by atomic mass is 16.6. The quantitative estimate of drug-likeness (QED) is 0.165. The summed E-state index contributed by atoms with van der Waals surface area (Å²) in [6.07, 6.45) is 12.9. The lowest BCUT2D eigenvalue weighted by Gasteiger charge is -2.42. The van der Waals surface area contributed by atoms with Gasteiger partial charge in [-0.3, -0.25) is 19.2 Å². The third-order valence-electron chi connectivity index (χ3n) is 14.1. The van der Waals surface area contributed by atoms with Gasteiger partial charge in [0.1, 0.15) is 30.1 Å². The maximum absolute atomic E-state index is 14.3. The van der Waals surface area contributed by atoms with Crippen molar-refractivity contribution in [1.29, 1.82) is 0 Å². The summed E-state index contributed by atoms with van der Waals surface area (Å²) in [4.78, 5) is 71.6. The van der Waals surface area contributed by atoms with Gasteiger partial charge in [0.2, 0.25) is 5.79 Å². The minimum Gasteiger partial charge on any atom is -0.460 e. The third-order valence-corrected chi connectivity index (χ3v) is 14.1. The van der Waals surface area contributed by atoms with Crippen LogP contribution in [0.25, 0.3) is 0 Å². The second kappa shape index (κ2) is 25.0. The summed E-state index contributed by atoms with van der Waals surface area (Å²) in [5, 5.41) is 33.7. The Morgan fingerprint density at radius 1 is 0.844 bits per heavy atom. The van der Waals surface area contributed by atoms with E-state index in [9.17, 15) is 39.3 Å². The predicted octanol–water partition coefficient (Wildman–Crippen LogP) is 5.79. The minimum absolute atomic E-state index is 0.0229. The fourth-order valence-corrected chi connectivity index (χ4v) is 9.86. The summed E-state index contributed by atoms with van der Waals surface area (Å²) in [5.74, 6) is -7.94. The Labute approximate surface area is 380 Å². The molecule has 360 valence electrons. The molecule has 2 saturated heterocycles. The molecule has 3 heterocycles. The second-order valence-corrected chi connectivity index (χ2v) is 19.1. The zero-order valence-electron chi connectivity index (χ0n) is 39.7. The van der Waals surface area contributed by atoms with Crippen molar-refractivity contribution in [3.63, 3.8) is 0 Å². The lowest BCUT2D eigenvalue weighted by Crippen LogP contribution is -2.60. The Hall–Kier alpha value is -3.37. The zero-order valence-corrected chi connectivity index (χ0v) is 39.7. The Balaban J connectivity index is 1.69. The van der Waals surface area contributed by atoms with E-state index in [0.717, 1.165) is 6.42 Å². The van der Waals surface area contributed by atoms with Gasteiger partial charge in [0.25, 0.3) is 11.7 Å². The fourth-order valence-electron chi connectivity index (χ4n) is 9.86. The number of Topliss-reactive ketones (excluding diaryl/α,β-unsaturated/α-hetero) is 3. The summed E-state index contributed by atoms with van der Waals surface area (Å²) in [6, 6.07) is -1.14. The van der Waals surface area contributed by atoms with Gasteiger partial charge in [-0.2, -0.15) is 0 Å². The number of methoxy groups -OCH3 is 3. The lowest BCUT2D eigenvalue weighted by atomic mass is 9.78. The highest BCUT2D eigenvalue weighted by Crippen LogP contribution is 2.37. The topological polar surface area (TPSA) is 195 Å². The van der Waals surface area contributed by atoms with Crippen LogP contribution < -0.4 is 0 Å². The maximum Gasteiger partial charge on any atom is 0.329 e. The molecule has 15 atom stereocenters. The molecule has 14 nitrogen and oxygen atoms in total. The summed E-state index contributed by atoms with van der Waals surface area (Å²) in [5.41, 5.74) is 0.386. The van der Waals surface area contributed by atoms with Crippen LogP contribution in [0.1, 0.15) is 119 Å². The molecule has 0 unspecified atom stereocenters. The number of aliphatic hydroxyl groups excluding tert-OH is 2. The Bertz CT molecular complexity index is 1710. The first-order valence-electron chi connectivity index (χ1n) is 23.5. The monoisotopic (exact) mass is 900 g/mol. The van der Waals surface area contributed by atoms with Gasteiger partial charge in [0.05, 0.1) is 24.4 Å². The fraction of sp³-hybridized carbons (Fsp3) is 0.740. The average Bonchev–Trinajstić information content (AvgIpc) is 3.27. The largest absolute Gasteiger partial charge is 0.460 e. The Kier molecular flexibility index (Phi) is 20.8. The highest BCUT2D eigenvalue weighted by molar-refractivity contribution is 6.39. The van der Waals surface area contributed by atoms with Gasteiger partial charge in [0, 0.05) is 58.5 Å². The molecule has 0 aromatic rings. The summed E-state index contributed by atoms with van der Waals surface area (Å²) in [6.45, 7) is 10.8. The van der Waals surface area contributed by atoms with Gasteiger partial charge in [0.15, 0.2) is 5.78 Å². The summed E-state index contributed by atoms with van der Waals surface area (Å²) < 4.78 is 29.1. The molecular weight excluding hydrogens is 823 g/mol. The number of esters is 1. The van der Waals surface area contributed by atoms with E-state index in [1.54, 1.807) is 41.1 Å². The number of carbonyl (C=O) groups is 5. The van der Waals surface area contributed by atoms with Crippen LogP contribution in [0.15, 0.2) is 48.1 Å². The number of aliphatic hydroxyl groups is 3. The number of piperidine rings is 1. The van der Waals surface area contributed by atoms with Gasteiger partial charge in [-0.1, -0.05) is 77.2 Å². The Morgan fingerprint density at radius 2 is 1.55 bits per heavy atom. The van der Waals surface area contributed by atoms with E-state index in [0.29, 0.717) is 63.4 Å². The second-order valence-electron chi connectivity index (χ2n) is 19.1. The van der Waals surface area contributed by atoms with E-state index < -0.39 is 83.9 Å². The number of fused-ring (bicyclic) bond motifs is 3. The van der Waals surface area contributed by atoms with Crippen LogP contribution in [-0.2, 0) is 47.7 Å². The van der Waals surface area contributed by atoms with Crippen molar-refractivity contribution in [2.24, 2.45) is 35.5 Å². The molecule has 0 aromatic heterocycles. The van der Waals surface area contributed by atoms with E-state index in [-0.39, 0.29) is 54.8 Å². The molecule has 3 fully saturated rings. The van der Waals surface area contributed by atoms with Gasteiger partial charge in [-0.05, 0) is 94.5 Å². The molecule has 14 heteroatoms. The molecule has 1 saturated carbocycles. The first-order valence-corrected chi connectivity index (χ1v) is 23.5. The first kappa shape index (κ1) is 53.2. The number of hydrogen-bond donors (Lipinski definition) is 3. The van der Waals surface area contributed by atoms with E-state index in [1.807, 2.05) is 57.2 Å². The SMILES string of the molecule is CO[C@@H]1/C=C/C=C/C=C\[C@@H](C)C[C@@H](C)C(=O)[C@H](OC)[C@H](O)/C(C)=C/[C@@H](C)C(=O)C[C@@H]([C@H](C)C[C@H]2CC[C@@H](O)[C@H](OC)C2)OC(=O)[C@@H]2CCCCN2C(=O)C(=O)[C@]2(O)O[C@@H](CC[C@H]2C)C1. The smallest absolute Gasteiger partial charge is 0.329 e. The van der Waals surface area contributed by atoms with E-state index >= 15 is 0 Å². The molecule has 0 radical (unpaired) electrons. The number of rotatable bonds is 6. The van der Waals surface area contributed by atoms with Crippen LogP contribution in [0.4, 0.5) is 0 Å². The van der Waals surface area contributed by atoms with Crippen molar-refractivity contribution < 1.29 is 63.0 Å². The number of cyclic esters (lactones) is 1. The Morgan fingerprint density at radius 3 is 2.22 bits per heavy atom. The van der Waals surface area contributed by atoms with Gasteiger partial charge in [-0.15, -0.1) is 0 Å². The van der Waals surface area contributed by atoms with Crippen molar-refractivity contribution in [2.75, 3.05) is 27.9 Å². The predicted molar refractivity (Wildman–Crippen MR) is 241 cm³/mol. The lowest BCUT2D eigenvalue weighted by molar-refractivity contribution is -0.265. The molecule has 4 rings (SSSR count). The number of carbonyl (C=O) groups excluding carboxylic acids is 5. The molecule has 1 amide bonds. The van der Waals surface area contributed by atoms with Crippen LogP contribution >= 0.6 is 0 Å². The average molecular weight is 900 g/mol. The molecule has 3 N–H and O–H groups in total. The molecule has 64 heavy (non-hydrogen) atoms. The van der Waals surface area contributed by atoms with E-state index in [4.69, 9.17) is 23.7 Å². The number of ether oxygens (including phenoxy) is 5. The van der Waals surface area contributed by atoms with E-state index in [2.05, 4.69) is 0 Å². The van der Waals surface area contributed by atoms with Gasteiger partial charge in [-0.25, -0.2) is 4.79 Å². The normalized spacial score (nSPS) is 40.4. The van der Waals surface area contributed by atoms with Crippen LogP contribution in [0.2, 0.25) is 0 Å². The number of ketones is 3. The van der Waals surface area contributed by atoms with Gasteiger partial charge >= 0.3 is 5.97 Å². The molecular formula is C50H77NO13. The summed E-state index contributed by atoms with van der Waals surface area (Å²) >= 11 is 0. The summed E-state index contributed by atoms with van der Waals surface area (Å²) in [7, 11) is 4.50. The number of nitrogens with zero attached hydrogens (tertiary/aromatic N) is 1. The van der Waals surface area contributed by atoms with Crippen molar-refractivity contribution in [1.82, 2.24) is 4.90 Å². The standard InChI is InChI=1S/C50H77NO13/c1-30-16-12-10-11-13-17-37(60-7)28-38-21-19-35(6)50(59,64-38)47(56)48(57)51-23-15-14-18-39(51)49(58)63-42(32(3)26-36-20-22-40(52)43(27-36)61-8)29-41(53)31(2)25-34(5)45(55)46(62-9)44(54)33(4)24-30/h10-13,16-17,25,30-33,35-40,42-43,45-46,52,55,59H,14-15,18-24,26-29H2,1-9H3/b11-10+,16-12-,17-13+,34-25+/t30-,31-,32-,33-,35-,36-,37-,38+,39+,40-,42+,43-,45-,46+,50-/m1/s1. The molecule has 0 aromatic carbocycles. The molecule has 1 aliphatic carbocycles. The molecule has 0 spiro atoms. The number of amides is 1. The van der Waals surface area contributed by atoms with Gasteiger partial charge < -0.3 is 43.9 Å². The van der Waals surface area contributed by atoms with Crippen LogP contribution in [0.3, 0.4) is 0 Å². The maximum atomic E-state index is 14.3. The first-order chi connectivity index (χ1) is 30.3. The third kappa shape index (κ3) is 14.1. The van der Waals surface area contributed by atoms with Crippen LogP contribution in [0.5, 0.6) is 0 Å². The van der Waals surface area contributed by atoms with Crippen LogP contribution in [-0.4, -0.2) is 132 Å². The number of allylic oxidation sites excluding steroid dienone is 6. The number of hydrogen-bond acceptors (Lipinski definition) is 13. The van der Waals surface area contributed by atoms with E-state index in [1.165, 1.54) is 12.0 Å². The zero-order chi connectivity index (χ0) is 47.3. The minimum atomic E-state index is -2.42. The van der Waals surface area contributed by atoms with Crippen molar-refractivity contribution in [3.05, 3.63) is 48.1 Å². The van der Waals surface area contributed by atoms with Crippen molar-refractivity contribution in [2.45, 2.75) is 173 Å². The molecule has 3 aliphatic heterocycles. The molecule has 4 aliphatic rings. The van der Waals surface area contributed by atoms with Crippen LogP contribution in [0, 0.1) is 35.5 Å². The van der Waals surface area contributed by atoms with Crippen molar-refractivity contribution in [3.8, 4) is 0 Å². The van der Waals surface area contributed by atoms with Crippen molar-refractivity contribution >= 4 is 29.2 Å².